The van der Waals surface area contributed by atoms with Crippen LogP contribution in [-0.4, -0.2) is 82.7 Å². The number of nitrogens with one attached hydrogen (secondary N) is 3. The number of sulfonamides is 1. The summed E-state index contributed by atoms with van der Waals surface area (Å²) in [6.07, 6.45) is 4.71. The lowest BCUT2D eigenvalue weighted by molar-refractivity contribution is 0.0530. The monoisotopic (exact) mass is 558 g/mol. The Morgan fingerprint density at radius 2 is 1.90 bits per heavy atom. The Kier molecular flexibility index (Phi) is 7.88. The van der Waals surface area contributed by atoms with Gasteiger partial charge in [0.2, 0.25) is 10.0 Å². The first-order valence-electron chi connectivity index (χ1n) is 13.6. The van der Waals surface area contributed by atoms with Crippen LogP contribution in [0.25, 0.3) is 0 Å². The zero-order valence-corrected chi connectivity index (χ0v) is 23.4. The third-order valence-electron chi connectivity index (χ3n) is 7.92. The first-order chi connectivity index (χ1) is 18.7. The minimum atomic E-state index is -3.70. The molecule has 2 aromatic rings. The maximum absolute atomic E-state index is 13.6. The molecule has 1 spiro atoms. The van der Waals surface area contributed by atoms with Crippen molar-refractivity contribution in [3.63, 3.8) is 0 Å². The molecule has 1 aromatic carbocycles. The van der Waals surface area contributed by atoms with Crippen LogP contribution in [0.1, 0.15) is 43.0 Å². The topological polar surface area (TPSA) is 136 Å². The third-order valence-corrected chi connectivity index (χ3v) is 9.19. The lowest BCUT2D eigenvalue weighted by Gasteiger charge is -2.35. The Balaban J connectivity index is 1.41. The molecule has 5 rings (SSSR count). The van der Waals surface area contributed by atoms with Gasteiger partial charge in [0.05, 0.1) is 47.7 Å². The van der Waals surface area contributed by atoms with Crippen molar-refractivity contribution in [2.24, 2.45) is 5.41 Å². The Morgan fingerprint density at radius 1 is 1.13 bits per heavy atom. The Labute approximate surface area is 230 Å². The van der Waals surface area contributed by atoms with Crippen LogP contribution < -0.4 is 25.2 Å². The van der Waals surface area contributed by atoms with Crippen molar-refractivity contribution in [2.45, 2.75) is 38.7 Å². The van der Waals surface area contributed by atoms with Gasteiger partial charge in [-0.3, -0.25) is 9.52 Å². The van der Waals surface area contributed by atoms with Gasteiger partial charge in [0.15, 0.2) is 5.82 Å². The molecule has 212 valence electrons. The van der Waals surface area contributed by atoms with E-state index < -0.39 is 22.4 Å². The predicted molar refractivity (Wildman–Crippen MR) is 153 cm³/mol. The predicted octanol–water partition coefficient (Wildman–Crippen LogP) is 2.72. The highest BCUT2D eigenvalue weighted by atomic mass is 32.2. The first-order valence-corrected chi connectivity index (χ1v) is 15.2. The van der Waals surface area contributed by atoms with E-state index in [-0.39, 0.29) is 12.0 Å². The Hall–Kier alpha value is -3.09. The van der Waals surface area contributed by atoms with Crippen molar-refractivity contribution in [1.82, 2.24) is 4.98 Å². The van der Waals surface area contributed by atoms with Gasteiger partial charge in [-0.1, -0.05) is 0 Å². The molecule has 4 N–H and O–H groups in total. The molecule has 1 saturated carbocycles. The van der Waals surface area contributed by atoms with E-state index in [0.29, 0.717) is 47.9 Å². The van der Waals surface area contributed by atoms with E-state index in [0.717, 1.165) is 37.4 Å². The van der Waals surface area contributed by atoms with Gasteiger partial charge in [-0.2, -0.15) is 0 Å². The van der Waals surface area contributed by atoms with Crippen LogP contribution in [0.5, 0.6) is 0 Å². The summed E-state index contributed by atoms with van der Waals surface area (Å²) in [7, 11) is -1.85. The number of aromatic nitrogens is 1. The molecule has 11 nitrogen and oxygen atoms in total. The van der Waals surface area contributed by atoms with Gasteiger partial charge in [-0.25, -0.2) is 13.4 Å². The van der Waals surface area contributed by atoms with E-state index in [1.165, 1.54) is 12.8 Å². The molecule has 3 heterocycles. The van der Waals surface area contributed by atoms with Crippen molar-refractivity contribution >= 4 is 44.6 Å². The summed E-state index contributed by atoms with van der Waals surface area (Å²) < 4.78 is 32.8. The number of ether oxygens (including phenoxy) is 1. The van der Waals surface area contributed by atoms with Crippen LogP contribution in [0.15, 0.2) is 30.3 Å². The summed E-state index contributed by atoms with van der Waals surface area (Å²) >= 11 is 0. The molecular weight excluding hydrogens is 520 g/mol. The normalized spacial score (nSPS) is 20.5. The van der Waals surface area contributed by atoms with Crippen molar-refractivity contribution in [2.75, 3.05) is 77.3 Å². The molecule has 3 aliphatic rings. The zero-order valence-electron chi connectivity index (χ0n) is 22.6. The summed E-state index contributed by atoms with van der Waals surface area (Å²) in [5.74, 6) is 0.481. The first kappa shape index (κ1) is 27.5. The van der Waals surface area contributed by atoms with E-state index in [4.69, 9.17) is 14.8 Å². The number of anilines is 5. The smallest absolute Gasteiger partial charge is 0.258 e. The standard InChI is InChI=1S/C27H38N6O5S/c1-19-18-33(13-15-38-19)25-22(28-2)5-6-24(29-25)30-26(35)21-4-3-20(31-39(36,37)16-14-34)17-23(21)32-11-9-27(7-8-27)10-12-32/h3-6,17,19,28,31,34H,7-16,18H2,1-2H3,(H,29,30,35)/t19-/m1/s1. The molecule has 2 aliphatic heterocycles. The summed E-state index contributed by atoms with van der Waals surface area (Å²) in [6.45, 7) is 5.19. The van der Waals surface area contributed by atoms with Crippen LogP contribution in [0.2, 0.25) is 0 Å². The summed E-state index contributed by atoms with van der Waals surface area (Å²) in [5.41, 5.74) is 2.81. The fourth-order valence-corrected chi connectivity index (χ4v) is 6.28. The largest absolute Gasteiger partial charge is 0.395 e. The number of morpholine rings is 1. The molecule has 12 heteroatoms. The van der Waals surface area contributed by atoms with Gasteiger partial charge in [-0.15, -0.1) is 0 Å². The average molecular weight is 559 g/mol. The van der Waals surface area contributed by atoms with Crippen molar-refractivity contribution in [3.05, 3.63) is 35.9 Å². The number of rotatable bonds is 9. The van der Waals surface area contributed by atoms with E-state index in [1.807, 2.05) is 20.0 Å². The number of aliphatic hydroxyl groups is 1. The summed E-state index contributed by atoms with van der Waals surface area (Å²) in [6, 6.07) is 8.61. The van der Waals surface area contributed by atoms with Crippen molar-refractivity contribution in [1.29, 1.82) is 0 Å². The number of carbonyl (C=O) groups excluding carboxylic acids is 1. The minimum Gasteiger partial charge on any atom is -0.395 e. The summed E-state index contributed by atoms with van der Waals surface area (Å²) in [5, 5.41) is 15.2. The lowest BCUT2D eigenvalue weighted by atomic mass is 9.93. The maximum Gasteiger partial charge on any atom is 0.258 e. The maximum atomic E-state index is 13.6. The van der Waals surface area contributed by atoms with Gasteiger partial charge in [-0.05, 0) is 68.4 Å². The van der Waals surface area contributed by atoms with Gasteiger partial charge in [0.1, 0.15) is 5.82 Å². The van der Waals surface area contributed by atoms with Crippen LogP contribution in [0, 0.1) is 5.41 Å². The fraction of sp³-hybridized carbons (Fsp3) is 0.556. The number of hydrogen-bond acceptors (Lipinski definition) is 9. The highest BCUT2D eigenvalue weighted by Crippen LogP contribution is 2.54. The SMILES string of the molecule is CNc1ccc(NC(=O)c2ccc(NS(=O)(=O)CCO)cc2N2CCC3(CC2)CC3)nc1N1CCO[C@H](C)C1. The molecular formula is C27H38N6O5S. The van der Waals surface area contributed by atoms with Crippen molar-refractivity contribution < 1.29 is 23.1 Å². The lowest BCUT2D eigenvalue weighted by Crippen LogP contribution is -2.41. The van der Waals surface area contributed by atoms with E-state index in [1.54, 1.807) is 24.3 Å². The van der Waals surface area contributed by atoms with Gasteiger partial charge in [0.25, 0.3) is 5.91 Å². The van der Waals surface area contributed by atoms with E-state index >= 15 is 0 Å². The zero-order chi connectivity index (χ0) is 27.6. The second kappa shape index (κ2) is 11.2. The Bertz CT molecular complexity index is 1310. The van der Waals surface area contributed by atoms with E-state index in [2.05, 4.69) is 25.2 Å². The number of nitrogens with zero attached hydrogens (tertiary/aromatic N) is 3. The number of pyridine rings is 1. The Morgan fingerprint density at radius 3 is 2.56 bits per heavy atom. The molecule has 0 radical (unpaired) electrons. The molecule has 1 aromatic heterocycles. The number of hydrogen-bond donors (Lipinski definition) is 4. The second-order valence-corrected chi connectivity index (χ2v) is 12.6. The highest BCUT2D eigenvalue weighted by molar-refractivity contribution is 7.92. The molecule has 39 heavy (non-hydrogen) atoms. The molecule has 1 aliphatic carbocycles. The van der Waals surface area contributed by atoms with Crippen molar-refractivity contribution in [3.8, 4) is 0 Å². The second-order valence-electron chi connectivity index (χ2n) is 10.8. The molecule has 0 bridgehead atoms. The van der Waals surface area contributed by atoms with Gasteiger partial charge >= 0.3 is 0 Å². The number of amides is 1. The number of piperidine rings is 1. The molecule has 2 saturated heterocycles. The van der Waals surface area contributed by atoms with Crippen LogP contribution in [0.4, 0.5) is 28.7 Å². The third kappa shape index (κ3) is 6.39. The average Bonchev–Trinajstić information content (AvgIpc) is 3.67. The van der Waals surface area contributed by atoms with Crippen LogP contribution >= 0.6 is 0 Å². The van der Waals surface area contributed by atoms with Gasteiger partial charge in [0, 0.05) is 33.2 Å². The molecule has 0 unspecified atom stereocenters. The number of aliphatic hydroxyl groups excluding tert-OH is 1. The van der Waals surface area contributed by atoms with Crippen LogP contribution in [-0.2, 0) is 14.8 Å². The fourth-order valence-electron chi connectivity index (χ4n) is 5.45. The minimum absolute atomic E-state index is 0.0821. The van der Waals surface area contributed by atoms with Gasteiger partial charge < -0.3 is 30.3 Å². The quantitative estimate of drug-likeness (QED) is 0.366. The molecule has 1 atom stereocenters. The highest BCUT2D eigenvalue weighted by Gasteiger charge is 2.44. The summed E-state index contributed by atoms with van der Waals surface area (Å²) in [4.78, 5) is 22.7. The van der Waals surface area contributed by atoms with E-state index in [9.17, 15) is 13.2 Å². The van der Waals surface area contributed by atoms with Crippen LogP contribution in [0.3, 0.4) is 0 Å². The molecule has 1 amide bonds. The number of carbonyl (C=O) groups is 1. The number of benzene rings is 1. The molecule has 3 fully saturated rings.